The lowest BCUT2D eigenvalue weighted by Gasteiger charge is -2.34. The number of halogens is 2. The van der Waals surface area contributed by atoms with Crippen molar-refractivity contribution in [2.45, 2.75) is 29.8 Å². The Morgan fingerprint density at radius 1 is 1.05 bits per heavy atom. The van der Waals surface area contributed by atoms with Gasteiger partial charge in [-0.25, -0.2) is 8.42 Å². The van der Waals surface area contributed by atoms with E-state index < -0.39 is 10.0 Å². The van der Waals surface area contributed by atoms with Crippen LogP contribution in [0, 0.1) is 0 Å². The van der Waals surface area contributed by atoms with Crippen molar-refractivity contribution >= 4 is 33.2 Å². The van der Waals surface area contributed by atoms with Crippen LogP contribution in [-0.2, 0) is 10.0 Å². The van der Waals surface area contributed by atoms with E-state index >= 15 is 0 Å². The molecule has 1 aromatic carbocycles. The van der Waals surface area contributed by atoms with Crippen molar-refractivity contribution in [3.05, 3.63) is 28.2 Å². The van der Waals surface area contributed by atoms with Gasteiger partial charge in [0, 0.05) is 35.2 Å². The van der Waals surface area contributed by atoms with Crippen molar-refractivity contribution in [2.75, 3.05) is 13.1 Å². The minimum atomic E-state index is -3.52. The molecular formula is C12H14Cl2N2O2S. The molecule has 104 valence electrons. The minimum Gasteiger partial charge on any atom is -0.314 e. The largest absolute Gasteiger partial charge is 0.314 e. The molecule has 3 rings (SSSR count). The maximum Gasteiger partial charge on any atom is 0.243 e. The average Bonchev–Trinajstić information content (AvgIpc) is 2.60. The summed E-state index contributed by atoms with van der Waals surface area (Å²) in [5, 5.41) is 3.95. The second-order valence-corrected chi connectivity index (χ2v) is 7.70. The monoisotopic (exact) mass is 320 g/mol. The third-order valence-electron chi connectivity index (χ3n) is 3.72. The number of hydrogen-bond acceptors (Lipinski definition) is 3. The zero-order valence-electron chi connectivity index (χ0n) is 10.1. The number of nitrogens with one attached hydrogen (secondary N) is 1. The van der Waals surface area contributed by atoms with Gasteiger partial charge in [0.2, 0.25) is 10.0 Å². The second kappa shape index (κ2) is 4.90. The molecule has 0 aromatic heterocycles. The summed E-state index contributed by atoms with van der Waals surface area (Å²) in [6.07, 6.45) is 1.82. The number of fused-ring (bicyclic) bond motifs is 2. The summed E-state index contributed by atoms with van der Waals surface area (Å²) in [4.78, 5) is 0.184. The van der Waals surface area contributed by atoms with Crippen molar-refractivity contribution in [3.63, 3.8) is 0 Å². The first-order valence-electron chi connectivity index (χ1n) is 6.19. The van der Waals surface area contributed by atoms with Gasteiger partial charge >= 0.3 is 0 Å². The first-order valence-corrected chi connectivity index (χ1v) is 8.38. The van der Waals surface area contributed by atoms with Crippen LogP contribution in [-0.4, -0.2) is 37.9 Å². The highest BCUT2D eigenvalue weighted by Crippen LogP contribution is 2.34. The smallest absolute Gasteiger partial charge is 0.243 e. The number of rotatable bonds is 2. The molecule has 0 amide bonds. The molecule has 2 heterocycles. The summed E-state index contributed by atoms with van der Waals surface area (Å²) in [6, 6.07) is 4.55. The molecule has 4 nitrogen and oxygen atoms in total. The van der Waals surface area contributed by atoms with Crippen LogP contribution in [0.5, 0.6) is 0 Å². The van der Waals surface area contributed by atoms with Crippen LogP contribution < -0.4 is 5.32 Å². The predicted molar refractivity (Wildman–Crippen MR) is 75.2 cm³/mol. The van der Waals surface area contributed by atoms with E-state index in [0.717, 1.165) is 12.8 Å². The number of hydrogen-bond donors (Lipinski definition) is 1. The van der Waals surface area contributed by atoms with Crippen molar-refractivity contribution in [1.82, 2.24) is 9.62 Å². The van der Waals surface area contributed by atoms with Crippen molar-refractivity contribution < 1.29 is 8.42 Å². The van der Waals surface area contributed by atoms with Gasteiger partial charge in [0.1, 0.15) is 0 Å². The van der Waals surface area contributed by atoms with E-state index in [-0.39, 0.29) is 17.0 Å². The van der Waals surface area contributed by atoms with Crippen LogP contribution in [0.1, 0.15) is 12.8 Å². The summed E-state index contributed by atoms with van der Waals surface area (Å²) in [5.41, 5.74) is 0. The maximum atomic E-state index is 12.7. The Morgan fingerprint density at radius 3 is 2.11 bits per heavy atom. The van der Waals surface area contributed by atoms with Crippen molar-refractivity contribution in [3.8, 4) is 0 Å². The molecule has 2 saturated heterocycles. The second-order valence-electron chi connectivity index (χ2n) is 4.98. The highest BCUT2D eigenvalue weighted by Gasteiger charge is 2.44. The summed E-state index contributed by atoms with van der Waals surface area (Å²) in [5.74, 6) is 0. The van der Waals surface area contributed by atoms with Crippen LogP contribution in [0.4, 0.5) is 0 Å². The molecule has 1 N–H and O–H groups in total. The van der Waals surface area contributed by atoms with Crippen LogP contribution in [0.15, 0.2) is 23.1 Å². The van der Waals surface area contributed by atoms with Crippen LogP contribution in [0.2, 0.25) is 10.0 Å². The molecule has 2 fully saturated rings. The summed E-state index contributed by atoms with van der Waals surface area (Å²) >= 11 is 11.8. The fourth-order valence-corrected chi connectivity index (χ4v) is 5.53. The van der Waals surface area contributed by atoms with E-state index in [9.17, 15) is 8.42 Å². The van der Waals surface area contributed by atoms with Crippen LogP contribution in [0.25, 0.3) is 0 Å². The van der Waals surface area contributed by atoms with Crippen LogP contribution >= 0.6 is 23.2 Å². The lowest BCUT2D eigenvalue weighted by Crippen LogP contribution is -2.53. The molecule has 0 saturated carbocycles. The summed E-state index contributed by atoms with van der Waals surface area (Å²) in [6.45, 7) is 1.42. The Morgan fingerprint density at radius 2 is 1.58 bits per heavy atom. The van der Waals surface area contributed by atoms with Crippen LogP contribution in [0.3, 0.4) is 0 Å². The van der Waals surface area contributed by atoms with Gasteiger partial charge in [-0.3, -0.25) is 0 Å². The first kappa shape index (κ1) is 13.6. The maximum absolute atomic E-state index is 12.7. The minimum absolute atomic E-state index is 0.0431. The molecule has 0 radical (unpaired) electrons. The summed E-state index contributed by atoms with van der Waals surface area (Å²) < 4.78 is 27.1. The molecule has 2 aliphatic rings. The van der Waals surface area contributed by atoms with Gasteiger partial charge in [-0.05, 0) is 31.0 Å². The van der Waals surface area contributed by atoms with Gasteiger partial charge in [-0.15, -0.1) is 0 Å². The molecule has 1 aromatic rings. The fraction of sp³-hybridized carbons (Fsp3) is 0.500. The predicted octanol–water partition coefficient (Wildman–Crippen LogP) is 2.12. The molecule has 2 bridgehead atoms. The lowest BCUT2D eigenvalue weighted by atomic mass is 10.2. The standard InChI is InChI=1S/C12H14Cl2N2O2S/c13-8-3-9(14)5-12(4-8)19(17,18)16-10-1-2-11(16)7-15-6-10/h3-5,10-11,15H,1-2,6-7H2. The quantitative estimate of drug-likeness (QED) is 0.908. The SMILES string of the molecule is O=S(=O)(c1cc(Cl)cc(Cl)c1)N1C2CCC1CNC2. The Bertz CT molecular complexity index is 569. The van der Waals surface area contributed by atoms with E-state index in [2.05, 4.69) is 5.32 Å². The van der Waals surface area contributed by atoms with Gasteiger partial charge in [0.25, 0.3) is 0 Å². The van der Waals surface area contributed by atoms with Crippen molar-refractivity contribution in [1.29, 1.82) is 0 Å². The van der Waals surface area contributed by atoms with E-state index in [1.807, 2.05) is 0 Å². The van der Waals surface area contributed by atoms with Gasteiger partial charge in [-0.1, -0.05) is 23.2 Å². The number of piperazine rings is 1. The topological polar surface area (TPSA) is 49.4 Å². The molecule has 19 heavy (non-hydrogen) atoms. The highest BCUT2D eigenvalue weighted by atomic mass is 35.5. The average molecular weight is 321 g/mol. The molecule has 2 atom stereocenters. The van der Waals surface area contributed by atoms with Gasteiger partial charge in [0.15, 0.2) is 0 Å². The zero-order chi connectivity index (χ0) is 13.6. The molecule has 2 unspecified atom stereocenters. The van der Waals surface area contributed by atoms with E-state index in [1.165, 1.54) is 18.2 Å². The molecular weight excluding hydrogens is 307 g/mol. The molecule has 7 heteroatoms. The van der Waals surface area contributed by atoms with Gasteiger partial charge < -0.3 is 5.32 Å². The molecule has 0 aliphatic carbocycles. The first-order chi connectivity index (χ1) is 8.98. The Balaban J connectivity index is 2.03. The molecule has 0 spiro atoms. The third-order valence-corrected chi connectivity index (χ3v) is 6.14. The third kappa shape index (κ3) is 2.38. The number of nitrogens with zero attached hydrogens (tertiary/aromatic N) is 1. The Kier molecular flexibility index (Phi) is 3.52. The fourth-order valence-electron chi connectivity index (χ4n) is 2.93. The number of sulfonamides is 1. The molecule has 2 aliphatic heterocycles. The van der Waals surface area contributed by atoms with E-state index in [0.29, 0.717) is 23.1 Å². The van der Waals surface area contributed by atoms with Gasteiger partial charge in [0.05, 0.1) is 4.90 Å². The lowest BCUT2D eigenvalue weighted by molar-refractivity contribution is 0.263. The number of benzene rings is 1. The Labute approximate surface area is 122 Å². The van der Waals surface area contributed by atoms with Crippen molar-refractivity contribution in [2.24, 2.45) is 0 Å². The van der Waals surface area contributed by atoms with E-state index in [4.69, 9.17) is 23.2 Å². The highest BCUT2D eigenvalue weighted by molar-refractivity contribution is 7.89. The van der Waals surface area contributed by atoms with Gasteiger partial charge in [-0.2, -0.15) is 4.31 Å². The zero-order valence-corrected chi connectivity index (χ0v) is 12.5. The van der Waals surface area contributed by atoms with E-state index in [1.54, 1.807) is 4.31 Å². The normalized spacial score (nSPS) is 27.7. The Hall–Kier alpha value is -0.330. The summed E-state index contributed by atoms with van der Waals surface area (Å²) in [7, 11) is -3.52.